The lowest BCUT2D eigenvalue weighted by molar-refractivity contribution is -0.124. The Labute approximate surface area is 119 Å². The number of nitrogens with zero attached hydrogens (tertiary/aromatic N) is 1. The molecule has 1 saturated carbocycles. The highest BCUT2D eigenvalue weighted by Crippen LogP contribution is 2.37. The molecule has 1 atom stereocenters. The third kappa shape index (κ3) is 2.68. The molecule has 6 heteroatoms. The minimum atomic E-state index is -0.400. The van der Waals surface area contributed by atoms with Crippen LogP contribution >= 0.6 is 15.9 Å². The standard InChI is InChI=1S/C13H16BrN3O2/c14-8-6-11(17(7-8)9-3-4-9)13(19)16-10-2-1-5-15-12(10)18/h6-7,9-10H,1-5H2,(H,15,18)(H,16,19). The second kappa shape index (κ2) is 5.00. The normalized spacial score (nSPS) is 23.0. The second-order valence-electron chi connectivity index (χ2n) is 5.14. The molecule has 0 aromatic carbocycles. The van der Waals surface area contributed by atoms with Crippen molar-refractivity contribution in [2.75, 3.05) is 6.54 Å². The van der Waals surface area contributed by atoms with E-state index in [1.54, 1.807) is 0 Å². The van der Waals surface area contributed by atoms with Gasteiger partial charge in [-0.25, -0.2) is 0 Å². The Morgan fingerprint density at radius 3 is 2.89 bits per heavy atom. The van der Waals surface area contributed by atoms with Crippen LogP contribution in [0.3, 0.4) is 0 Å². The number of aromatic nitrogens is 1. The van der Waals surface area contributed by atoms with E-state index in [-0.39, 0.29) is 11.8 Å². The fourth-order valence-electron chi connectivity index (χ4n) is 2.42. The maximum absolute atomic E-state index is 12.3. The van der Waals surface area contributed by atoms with Gasteiger partial charge < -0.3 is 15.2 Å². The fourth-order valence-corrected chi connectivity index (χ4v) is 2.86. The largest absolute Gasteiger partial charge is 0.354 e. The van der Waals surface area contributed by atoms with Gasteiger partial charge in [0.25, 0.3) is 5.91 Å². The lowest BCUT2D eigenvalue weighted by Gasteiger charge is -2.23. The number of hydrogen-bond acceptors (Lipinski definition) is 2. The fraction of sp³-hybridized carbons (Fsp3) is 0.538. The van der Waals surface area contributed by atoms with Crippen LogP contribution in [0.1, 0.15) is 42.2 Å². The minimum Gasteiger partial charge on any atom is -0.354 e. The summed E-state index contributed by atoms with van der Waals surface area (Å²) >= 11 is 3.40. The highest BCUT2D eigenvalue weighted by Gasteiger charge is 2.30. The molecule has 0 radical (unpaired) electrons. The zero-order valence-electron chi connectivity index (χ0n) is 10.5. The zero-order chi connectivity index (χ0) is 13.4. The van der Waals surface area contributed by atoms with E-state index in [1.165, 1.54) is 0 Å². The maximum Gasteiger partial charge on any atom is 0.268 e. The van der Waals surface area contributed by atoms with Crippen LogP contribution in [0.2, 0.25) is 0 Å². The van der Waals surface area contributed by atoms with Crippen LogP contribution in [0.4, 0.5) is 0 Å². The van der Waals surface area contributed by atoms with E-state index in [2.05, 4.69) is 26.6 Å². The van der Waals surface area contributed by atoms with E-state index < -0.39 is 6.04 Å². The van der Waals surface area contributed by atoms with E-state index in [1.807, 2.05) is 16.8 Å². The number of amides is 2. The van der Waals surface area contributed by atoms with Crippen molar-refractivity contribution in [3.8, 4) is 0 Å². The third-order valence-electron chi connectivity index (χ3n) is 3.58. The van der Waals surface area contributed by atoms with Crippen LogP contribution in [0.25, 0.3) is 0 Å². The summed E-state index contributed by atoms with van der Waals surface area (Å²) in [5.41, 5.74) is 0.632. The predicted octanol–water partition coefficient (Wildman–Crippen LogP) is 1.59. The third-order valence-corrected chi connectivity index (χ3v) is 4.01. The van der Waals surface area contributed by atoms with E-state index in [4.69, 9.17) is 0 Å². The van der Waals surface area contributed by atoms with Gasteiger partial charge >= 0.3 is 0 Å². The van der Waals surface area contributed by atoms with Crippen LogP contribution in [0.5, 0.6) is 0 Å². The molecule has 2 aliphatic rings. The van der Waals surface area contributed by atoms with Gasteiger partial charge in [0.1, 0.15) is 11.7 Å². The van der Waals surface area contributed by atoms with Crippen molar-refractivity contribution in [1.29, 1.82) is 0 Å². The molecule has 3 rings (SSSR count). The number of carbonyl (C=O) groups is 2. The van der Waals surface area contributed by atoms with Crippen LogP contribution < -0.4 is 10.6 Å². The summed E-state index contributed by atoms with van der Waals surface area (Å²) in [6.45, 7) is 0.704. The molecule has 1 aromatic rings. The lowest BCUT2D eigenvalue weighted by atomic mass is 10.1. The summed E-state index contributed by atoms with van der Waals surface area (Å²) in [7, 11) is 0. The van der Waals surface area contributed by atoms with Crippen LogP contribution in [0, 0.1) is 0 Å². The SMILES string of the molecule is O=C(NC1CCCNC1=O)c1cc(Br)cn1C1CC1. The molecule has 2 amide bonds. The molecule has 102 valence electrons. The first-order valence-corrected chi connectivity index (χ1v) is 7.40. The summed E-state index contributed by atoms with van der Waals surface area (Å²) in [6.07, 6.45) is 5.79. The number of piperidine rings is 1. The van der Waals surface area contributed by atoms with Crippen LogP contribution in [-0.4, -0.2) is 29.0 Å². The predicted molar refractivity (Wildman–Crippen MR) is 73.9 cm³/mol. The topological polar surface area (TPSA) is 63.1 Å². The molecule has 1 aliphatic carbocycles. The summed E-state index contributed by atoms with van der Waals surface area (Å²) in [5, 5.41) is 5.60. The Kier molecular flexibility index (Phi) is 3.35. The molecule has 5 nitrogen and oxygen atoms in total. The molecular weight excluding hydrogens is 310 g/mol. The van der Waals surface area contributed by atoms with E-state index in [9.17, 15) is 9.59 Å². The van der Waals surface area contributed by atoms with Gasteiger partial charge in [-0.05, 0) is 47.7 Å². The Balaban J connectivity index is 1.74. The molecule has 2 fully saturated rings. The van der Waals surface area contributed by atoms with Gasteiger partial charge in [-0.3, -0.25) is 9.59 Å². The summed E-state index contributed by atoms with van der Waals surface area (Å²) in [6, 6.07) is 1.85. The molecule has 0 spiro atoms. The summed E-state index contributed by atoms with van der Waals surface area (Å²) in [4.78, 5) is 23.9. The number of rotatable bonds is 3. The minimum absolute atomic E-state index is 0.0804. The maximum atomic E-state index is 12.3. The van der Waals surface area contributed by atoms with Gasteiger partial charge in [0.05, 0.1) is 0 Å². The summed E-state index contributed by atoms with van der Waals surface area (Å²) < 4.78 is 2.90. The number of halogens is 1. The Bertz CT molecular complexity index is 522. The van der Waals surface area contributed by atoms with Crippen molar-refractivity contribution >= 4 is 27.7 Å². The van der Waals surface area contributed by atoms with Crippen molar-refractivity contribution in [3.63, 3.8) is 0 Å². The highest BCUT2D eigenvalue weighted by molar-refractivity contribution is 9.10. The van der Waals surface area contributed by atoms with Crippen molar-refractivity contribution in [1.82, 2.24) is 15.2 Å². The summed E-state index contributed by atoms with van der Waals surface area (Å²) in [5.74, 6) is -0.247. The van der Waals surface area contributed by atoms with Crippen LogP contribution in [0.15, 0.2) is 16.7 Å². The molecule has 1 saturated heterocycles. The molecule has 1 unspecified atom stereocenters. The van der Waals surface area contributed by atoms with Gasteiger partial charge in [0, 0.05) is 23.3 Å². The average molecular weight is 326 g/mol. The smallest absolute Gasteiger partial charge is 0.268 e. The van der Waals surface area contributed by atoms with Crippen molar-refractivity contribution in [2.45, 2.75) is 37.8 Å². The van der Waals surface area contributed by atoms with E-state index in [0.29, 0.717) is 24.7 Å². The van der Waals surface area contributed by atoms with Gasteiger partial charge in [-0.1, -0.05) is 0 Å². The Hall–Kier alpha value is -1.30. The number of hydrogen-bond donors (Lipinski definition) is 2. The van der Waals surface area contributed by atoms with Crippen molar-refractivity contribution in [2.24, 2.45) is 0 Å². The molecule has 0 bridgehead atoms. The molecule has 2 N–H and O–H groups in total. The number of nitrogens with one attached hydrogen (secondary N) is 2. The molecular formula is C13H16BrN3O2. The Morgan fingerprint density at radius 1 is 1.42 bits per heavy atom. The first-order valence-electron chi connectivity index (χ1n) is 6.61. The molecule has 2 heterocycles. The monoisotopic (exact) mass is 325 g/mol. The molecule has 1 aromatic heterocycles. The van der Waals surface area contributed by atoms with Gasteiger partial charge in [0.15, 0.2) is 0 Å². The van der Waals surface area contributed by atoms with Crippen LogP contribution in [-0.2, 0) is 4.79 Å². The van der Waals surface area contributed by atoms with Crippen molar-refractivity contribution < 1.29 is 9.59 Å². The number of carbonyl (C=O) groups excluding carboxylic acids is 2. The van der Waals surface area contributed by atoms with Gasteiger partial charge in [0.2, 0.25) is 5.91 Å². The first-order chi connectivity index (χ1) is 9.15. The van der Waals surface area contributed by atoms with Gasteiger partial charge in [-0.2, -0.15) is 0 Å². The lowest BCUT2D eigenvalue weighted by Crippen LogP contribution is -2.50. The van der Waals surface area contributed by atoms with E-state index >= 15 is 0 Å². The highest BCUT2D eigenvalue weighted by atomic mass is 79.9. The van der Waals surface area contributed by atoms with E-state index in [0.717, 1.165) is 23.7 Å². The molecule has 19 heavy (non-hydrogen) atoms. The zero-order valence-corrected chi connectivity index (χ0v) is 12.1. The van der Waals surface area contributed by atoms with Crippen molar-refractivity contribution in [3.05, 3.63) is 22.4 Å². The molecule has 1 aliphatic heterocycles. The Morgan fingerprint density at radius 2 is 2.21 bits per heavy atom. The average Bonchev–Trinajstić information content (AvgIpc) is 3.15. The quantitative estimate of drug-likeness (QED) is 0.886. The van der Waals surface area contributed by atoms with Gasteiger partial charge in [-0.15, -0.1) is 0 Å². The second-order valence-corrected chi connectivity index (χ2v) is 6.06. The first kappa shape index (κ1) is 12.7.